The minimum Gasteiger partial charge on any atom is -0.381 e. The summed E-state index contributed by atoms with van der Waals surface area (Å²) in [4.78, 5) is 4.34. The van der Waals surface area contributed by atoms with Crippen LogP contribution in [0.3, 0.4) is 0 Å². The Morgan fingerprint density at radius 1 is 1.00 bits per heavy atom. The third-order valence-corrected chi connectivity index (χ3v) is 3.68. The molecule has 0 saturated heterocycles. The van der Waals surface area contributed by atoms with Crippen LogP contribution in [0.25, 0.3) is 0 Å². The van der Waals surface area contributed by atoms with Crippen molar-refractivity contribution < 1.29 is 4.74 Å². The molecule has 2 rings (SSSR count). The minimum absolute atomic E-state index is 0.462. The molecule has 3 N–H and O–H groups in total. The molecule has 24 heavy (non-hydrogen) atoms. The van der Waals surface area contributed by atoms with E-state index in [1.165, 1.54) is 11.1 Å². The van der Waals surface area contributed by atoms with E-state index >= 15 is 0 Å². The fourth-order valence-corrected chi connectivity index (χ4v) is 2.28. The number of aryl methyl sites for hydroxylation is 1. The van der Waals surface area contributed by atoms with E-state index in [2.05, 4.69) is 41.5 Å². The predicted octanol–water partition coefficient (Wildman–Crippen LogP) is 3.76. The summed E-state index contributed by atoms with van der Waals surface area (Å²) in [5, 5.41) is 3.09. The second-order valence-electron chi connectivity index (χ2n) is 5.81. The van der Waals surface area contributed by atoms with E-state index < -0.39 is 0 Å². The summed E-state index contributed by atoms with van der Waals surface area (Å²) in [7, 11) is 0. The van der Waals surface area contributed by atoms with Gasteiger partial charge in [-0.25, -0.2) is 0 Å². The van der Waals surface area contributed by atoms with E-state index in [1.807, 2.05) is 30.3 Å². The Morgan fingerprint density at radius 3 is 2.50 bits per heavy atom. The quantitative estimate of drug-likeness (QED) is 0.419. The van der Waals surface area contributed by atoms with E-state index in [1.54, 1.807) is 0 Å². The van der Waals surface area contributed by atoms with E-state index in [9.17, 15) is 0 Å². The first-order valence-electron chi connectivity index (χ1n) is 8.49. The highest BCUT2D eigenvalue weighted by Crippen LogP contribution is 2.07. The lowest BCUT2D eigenvalue weighted by atomic mass is 10.2. The molecule has 0 aliphatic rings. The van der Waals surface area contributed by atoms with Crippen LogP contribution in [0.5, 0.6) is 0 Å². The zero-order valence-electron chi connectivity index (χ0n) is 14.4. The first-order chi connectivity index (χ1) is 11.7. The number of nitrogens with zero attached hydrogens (tertiary/aromatic N) is 1. The van der Waals surface area contributed by atoms with Gasteiger partial charge in [0, 0.05) is 18.8 Å². The summed E-state index contributed by atoms with van der Waals surface area (Å²) in [6, 6.07) is 18.5. The fourth-order valence-electron chi connectivity index (χ4n) is 2.28. The zero-order chi connectivity index (χ0) is 17.0. The summed E-state index contributed by atoms with van der Waals surface area (Å²) in [5.41, 5.74) is 9.38. The molecule has 0 aromatic heterocycles. The Hall–Kier alpha value is -2.33. The molecule has 0 aliphatic heterocycles. The molecule has 0 spiro atoms. The van der Waals surface area contributed by atoms with Crippen molar-refractivity contribution in [2.24, 2.45) is 10.7 Å². The molecule has 0 unspecified atom stereocenters. The molecule has 0 bridgehead atoms. The van der Waals surface area contributed by atoms with Gasteiger partial charge in [-0.2, -0.15) is 0 Å². The summed E-state index contributed by atoms with van der Waals surface area (Å²) < 4.78 is 5.66. The van der Waals surface area contributed by atoms with Gasteiger partial charge in [-0.1, -0.05) is 48.0 Å². The van der Waals surface area contributed by atoms with Crippen LogP contribution in [0, 0.1) is 6.92 Å². The van der Waals surface area contributed by atoms with Gasteiger partial charge in [0.2, 0.25) is 0 Å². The molecular formula is C20H27N3O. The van der Waals surface area contributed by atoms with Gasteiger partial charge in [-0.15, -0.1) is 0 Å². The van der Waals surface area contributed by atoms with E-state index in [0.29, 0.717) is 12.5 Å². The van der Waals surface area contributed by atoms with Crippen LogP contribution < -0.4 is 11.1 Å². The number of nitrogens with two attached hydrogens (primary N) is 1. The number of benzene rings is 2. The van der Waals surface area contributed by atoms with Crippen molar-refractivity contribution in [2.45, 2.75) is 26.2 Å². The molecular weight excluding hydrogens is 298 g/mol. The second-order valence-corrected chi connectivity index (χ2v) is 5.81. The van der Waals surface area contributed by atoms with Crippen molar-refractivity contribution in [3.63, 3.8) is 0 Å². The largest absolute Gasteiger partial charge is 0.381 e. The van der Waals surface area contributed by atoms with E-state index in [4.69, 9.17) is 10.5 Å². The summed E-state index contributed by atoms with van der Waals surface area (Å²) in [6.07, 6.45) is 2.93. The molecule has 0 heterocycles. The van der Waals surface area contributed by atoms with Crippen LogP contribution in [0.4, 0.5) is 5.69 Å². The predicted molar refractivity (Wildman–Crippen MR) is 101 cm³/mol. The van der Waals surface area contributed by atoms with Gasteiger partial charge < -0.3 is 15.8 Å². The van der Waals surface area contributed by atoms with Crippen molar-refractivity contribution in [3.8, 4) is 0 Å². The topological polar surface area (TPSA) is 59.6 Å². The maximum atomic E-state index is 5.88. The monoisotopic (exact) mass is 325 g/mol. The van der Waals surface area contributed by atoms with Crippen molar-refractivity contribution in [3.05, 3.63) is 65.7 Å². The third kappa shape index (κ3) is 7.29. The number of guanidine groups is 1. The van der Waals surface area contributed by atoms with E-state index in [-0.39, 0.29) is 0 Å². The van der Waals surface area contributed by atoms with Gasteiger partial charge in [-0.3, -0.25) is 4.99 Å². The number of nitrogens with one attached hydrogen (secondary N) is 1. The summed E-state index contributed by atoms with van der Waals surface area (Å²) >= 11 is 0. The molecule has 2 aromatic rings. The fraction of sp³-hybridized carbons (Fsp3) is 0.350. The first-order valence-corrected chi connectivity index (χ1v) is 8.49. The summed E-state index contributed by atoms with van der Waals surface area (Å²) in [6.45, 7) is 4.31. The molecule has 4 heteroatoms. The number of ether oxygens (including phenoxy) is 1. The van der Waals surface area contributed by atoms with Gasteiger partial charge >= 0.3 is 0 Å². The average Bonchev–Trinajstić information content (AvgIpc) is 2.60. The number of anilines is 1. The molecule has 4 nitrogen and oxygen atoms in total. The Morgan fingerprint density at radius 2 is 1.75 bits per heavy atom. The maximum absolute atomic E-state index is 5.88. The van der Waals surface area contributed by atoms with Crippen LogP contribution in [-0.2, 0) is 11.2 Å². The number of aliphatic imine (C=N–C) groups is 1. The lowest BCUT2D eigenvalue weighted by Gasteiger charge is -2.06. The van der Waals surface area contributed by atoms with Crippen LogP contribution in [0.1, 0.15) is 24.0 Å². The molecule has 0 fully saturated rings. The van der Waals surface area contributed by atoms with Gasteiger partial charge in [0.15, 0.2) is 5.96 Å². The van der Waals surface area contributed by atoms with Crippen LogP contribution in [-0.4, -0.2) is 25.7 Å². The molecule has 128 valence electrons. The SMILES string of the molecule is Cc1ccc(NC(N)=NCCCCOCCc2ccccc2)cc1. The smallest absolute Gasteiger partial charge is 0.193 e. The van der Waals surface area contributed by atoms with Crippen molar-refractivity contribution in [1.82, 2.24) is 0 Å². The number of hydrogen-bond acceptors (Lipinski definition) is 2. The van der Waals surface area contributed by atoms with Gasteiger partial charge in [0.1, 0.15) is 0 Å². The Kier molecular flexibility index (Phi) is 7.84. The van der Waals surface area contributed by atoms with Crippen LogP contribution in [0.15, 0.2) is 59.6 Å². The van der Waals surface area contributed by atoms with Crippen molar-refractivity contribution >= 4 is 11.6 Å². The average molecular weight is 325 g/mol. The summed E-state index contributed by atoms with van der Waals surface area (Å²) in [5.74, 6) is 0.462. The number of hydrogen-bond donors (Lipinski definition) is 2. The highest BCUT2D eigenvalue weighted by molar-refractivity contribution is 5.92. The molecule has 0 radical (unpaired) electrons. The normalized spacial score (nSPS) is 11.5. The minimum atomic E-state index is 0.462. The maximum Gasteiger partial charge on any atom is 0.193 e. The number of rotatable bonds is 9. The molecule has 0 saturated carbocycles. The van der Waals surface area contributed by atoms with Crippen LogP contribution in [0.2, 0.25) is 0 Å². The number of unbranched alkanes of at least 4 members (excludes halogenated alkanes) is 1. The lowest BCUT2D eigenvalue weighted by Crippen LogP contribution is -2.22. The third-order valence-electron chi connectivity index (χ3n) is 3.68. The van der Waals surface area contributed by atoms with E-state index in [0.717, 1.165) is 38.2 Å². The van der Waals surface area contributed by atoms with Gasteiger partial charge in [0.05, 0.1) is 6.61 Å². The highest BCUT2D eigenvalue weighted by atomic mass is 16.5. The van der Waals surface area contributed by atoms with Crippen molar-refractivity contribution in [1.29, 1.82) is 0 Å². The highest BCUT2D eigenvalue weighted by Gasteiger charge is 1.96. The second kappa shape index (κ2) is 10.4. The zero-order valence-corrected chi connectivity index (χ0v) is 14.4. The molecule has 0 atom stereocenters. The Bertz CT molecular complexity index is 609. The van der Waals surface area contributed by atoms with Gasteiger partial charge in [-0.05, 0) is 43.9 Å². The first kappa shape index (κ1) is 18.0. The Balaban J connectivity index is 1.51. The van der Waals surface area contributed by atoms with Crippen LogP contribution >= 0.6 is 0 Å². The Labute approximate surface area is 144 Å². The van der Waals surface area contributed by atoms with Crippen molar-refractivity contribution in [2.75, 3.05) is 25.1 Å². The molecule has 2 aromatic carbocycles. The molecule has 0 amide bonds. The van der Waals surface area contributed by atoms with Gasteiger partial charge in [0.25, 0.3) is 0 Å². The lowest BCUT2D eigenvalue weighted by molar-refractivity contribution is 0.134. The molecule has 0 aliphatic carbocycles. The standard InChI is InChI=1S/C20H27N3O/c1-17-9-11-19(12-10-17)23-20(21)22-14-5-6-15-24-16-13-18-7-3-2-4-8-18/h2-4,7-12H,5-6,13-16H2,1H3,(H3,21,22,23).